The molecule has 1 unspecified atom stereocenters. The maximum Gasteiger partial charge on any atom is 0.304 e. The second-order valence-corrected chi connectivity index (χ2v) is 11.3. The highest BCUT2D eigenvalue weighted by atomic mass is 35.5. The highest BCUT2D eigenvalue weighted by Crippen LogP contribution is 2.45. The minimum absolute atomic E-state index is 0.0318. The van der Waals surface area contributed by atoms with Crippen LogP contribution in [0.3, 0.4) is 0 Å². The predicted octanol–water partition coefficient (Wildman–Crippen LogP) is 5.70. The number of hydrogen-bond donors (Lipinski definition) is 3. The van der Waals surface area contributed by atoms with Crippen molar-refractivity contribution >= 4 is 29.2 Å². The Bertz CT molecular complexity index is 1410. The van der Waals surface area contributed by atoms with Crippen LogP contribution in [0.1, 0.15) is 41.0 Å². The Morgan fingerprint density at radius 1 is 1.00 bits per heavy atom. The van der Waals surface area contributed by atoms with Crippen LogP contribution >= 0.6 is 23.2 Å². The number of ether oxygens (including phenoxy) is 4. The van der Waals surface area contributed by atoms with Crippen molar-refractivity contribution in [3.8, 4) is 28.4 Å². The summed E-state index contributed by atoms with van der Waals surface area (Å²) in [5, 5.41) is 29.5. The van der Waals surface area contributed by atoms with E-state index in [0.717, 1.165) is 33.4 Å². The highest BCUT2D eigenvalue weighted by Gasteiger charge is 2.30. The van der Waals surface area contributed by atoms with Gasteiger partial charge < -0.3 is 34.3 Å². The number of aliphatic carboxylic acids is 1. The van der Waals surface area contributed by atoms with Crippen molar-refractivity contribution in [1.82, 2.24) is 0 Å². The van der Waals surface area contributed by atoms with Gasteiger partial charge in [-0.2, -0.15) is 0 Å². The van der Waals surface area contributed by atoms with E-state index in [1.54, 1.807) is 6.07 Å². The number of carbonyl (C=O) groups is 1. The second-order valence-electron chi connectivity index (χ2n) is 10.5. The van der Waals surface area contributed by atoms with Gasteiger partial charge in [0.1, 0.15) is 30.8 Å². The molecule has 3 aromatic carbocycles. The van der Waals surface area contributed by atoms with Crippen molar-refractivity contribution in [2.75, 3.05) is 19.8 Å². The van der Waals surface area contributed by atoms with E-state index in [2.05, 4.69) is 0 Å². The van der Waals surface area contributed by atoms with Crippen LogP contribution in [-0.2, 0) is 16.1 Å². The molecule has 1 fully saturated rings. The molecule has 5 rings (SSSR count). The number of carboxylic acid groups (broad SMARTS) is 1. The van der Waals surface area contributed by atoms with Gasteiger partial charge in [0.2, 0.25) is 0 Å². The fourth-order valence-corrected chi connectivity index (χ4v) is 5.88. The van der Waals surface area contributed by atoms with Crippen LogP contribution in [0.5, 0.6) is 17.2 Å². The maximum absolute atomic E-state index is 11.1. The third-order valence-corrected chi connectivity index (χ3v) is 8.49. The number of fused-ring (bicyclic) bond motifs is 1. The largest absolute Gasteiger partial charge is 0.492 e. The zero-order valence-corrected chi connectivity index (χ0v) is 24.2. The fourth-order valence-electron chi connectivity index (χ4n) is 5.34. The lowest BCUT2D eigenvalue weighted by atomic mass is 9.94. The monoisotopic (exact) mass is 602 g/mol. The summed E-state index contributed by atoms with van der Waals surface area (Å²) >= 11 is 13.5. The molecule has 218 valence electrons. The third kappa shape index (κ3) is 6.42. The molecule has 8 nitrogen and oxygen atoms in total. The predicted molar refractivity (Wildman–Crippen MR) is 155 cm³/mol. The molecule has 1 saturated heterocycles. The first-order chi connectivity index (χ1) is 19.6. The summed E-state index contributed by atoms with van der Waals surface area (Å²) in [6.45, 7) is 4.67. The van der Waals surface area contributed by atoms with E-state index in [0.29, 0.717) is 40.5 Å². The van der Waals surface area contributed by atoms with Gasteiger partial charge in [-0.15, -0.1) is 0 Å². The number of aliphatic hydroxyl groups is 2. The van der Waals surface area contributed by atoms with E-state index < -0.39 is 18.2 Å². The van der Waals surface area contributed by atoms with Crippen LogP contribution in [-0.4, -0.2) is 59.4 Å². The number of aliphatic hydroxyl groups excluding tert-OH is 2. The summed E-state index contributed by atoms with van der Waals surface area (Å²) in [6.07, 6.45) is -1.86. The zero-order valence-electron chi connectivity index (χ0n) is 22.7. The van der Waals surface area contributed by atoms with Crippen molar-refractivity contribution in [3.05, 3.63) is 74.8 Å². The Labute approximate surface area is 248 Å². The minimum Gasteiger partial charge on any atom is -0.492 e. The van der Waals surface area contributed by atoms with Gasteiger partial charge in [0.05, 0.1) is 41.9 Å². The Hall–Kier alpha value is -3.01. The molecule has 0 amide bonds. The molecule has 0 aromatic heterocycles. The van der Waals surface area contributed by atoms with Crippen LogP contribution in [0.15, 0.2) is 42.5 Å². The summed E-state index contributed by atoms with van der Waals surface area (Å²) < 4.78 is 23.3. The normalized spacial score (nSPS) is 21.7. The topological polar surface area (TPSA) is 115 Å². The van der Waals surface area contributed by atoms with Crippen molar-refractivity contribution in [2.24, 2.45) is 0 Å². The number of hydrogen-bond acceptors (Lipinski definition) is 7. The molecular formula is C31H32Cl2O8. The van der Waals surface area contributed by atoms with Crippen molar-refractivity contribution in [2.45, 2.75) is 57.5 Å². The van der Waals surface area contributed by atoms with Crippen LogP contribution in [0, 0.1) is 13.8 Å². The molecule has 4 atom stereocenters. The first-order valence-electron chi connectivity index (χ1n) is 13.4. The van der Waals surface area contributed by atoms with E-state index in [4.69, 9.17) is 47.3 Å². The lowest BCUT2D eigenvalue weighted by molar-refractivity contribution is -0.137. The molecule has 0 spiro atoms. The number of halogens is 2. The Morgan fingerprint density at radius 2 is 1.76 bits per heavy atom. The molecule has 0 radical (unpaired) electrons. The minimum atomic E-state index is -0.899. The summed E-state index contributed by atoms with van der Waals surface area (Å²) in [5.41, 5.74) is 5.28. The Morgan fingerprint density at radius 3 is 2.46 bits per heavy atom. The molecule has 3 aromatic rings. The third-order valence-electron chi connectivity index (χ3n) is 7.58. The summed E-state index contributed by atoms with van der Waals surface area (Å²) in [4.78, 5) is 11.1. The molecular weight excluding hydrogens is 571 g/mol. The highest BCUT2D eigenvalue weighted by molar-refractivity contribution is 6.38. The van der Waals surface area contributed by atoms with Gasteiger partial charge in [-0.3, -0.25) is 4.79 Å². The van der Waals surface area contributed by atoms with Gasteiger partial charge in [0.25, 0.3) is 0 Å². The van der Waals surface area contributed by atoms with E-state index in [9.17, 15) is 15.0 Å². The number of carboxylic acids is 1. The van der Waals surface area contributed by atoms with E-state index >= 15 is 0 Å². The van der Waals surface area contributed by atoms with E-state index in [-0.39, 0.29) is 38.1 Å². The summed E-state index contributed by atoms with van der Waals surface area (Å²) in [7, 11) is 0. The molecule has 0 saturated carbocycles. The number of rotatable bonds is 9. The van der Waals surface area contributed by atoms with Crippen LogP contribution < -0.4 is 14.2 Å². The van der Waals surface area contributed by atoms with Crippen LogP contribution in [0.25, 0.3) is 11.1 Å². The van der Waals surface area contributed by atoms with Crippen molar-refractivity contribution in [3.63, 3.8) is 0 Å². The smallest absolute Gasteiger partial charge is 0.304 e. The van der Waals surface area contributed by atoms with Crippen molar-refractivity contribution in [1.29, 1.82) is 0 Å². The molecule has 2 aliphatic rings. The first kappa shape index (κ1) is 29.5. The molecule has 0 bridgehead atoms. The summed E-state index contributed by atoms with van der Waals surface area (Å²) in [5.74, 6) is 0.647. The molecule has 2 heterocycles. The first-order valence-corrected chi connectivity index (χ1v) is 14.2. The van der Waals surface area contributed by atoms with Gasteiger partial charge in [-0.05, 0) is 53.8 Å². The lowest BCUT2D eigenvalue weighted by Gasteiger charge is -2.30. The maximum atomic E-state index is 11.1. The molecule has 41 heavy (non-hydrogen) atoms. The molecule has 10 heteroatoms. The van der Waals surface area contributed by atoms with Crippen LogP contribution in [0.2, 0.25) is 10.0 Å². The van der Waals surface area contributed by atoms with Gasteiger partial charge in [-0.1, -0.05) is 47.5 Å². The van der Waals surface area contributed by atoms with Gasteiger partial charge >= 0.3 is 5.97 Å². The summed E-state index contributed by atoms with van der Waals surface area (Å²) in [6, 6.07) is 13.4. The van der Waals surface area contributed by atoms with Gasteiger partial charge in [-0.25, -0.2) is 0 Å². The number of benzene rings is 3. The Balaban J connectivity index is 1.30. The SMILES string of the molecule is Cc1c(Cl)c(OC[C@@H]2C[C@H](O)[C@H](O)CO2)c(Cl)c(C)c1-c1cccc(COc2ccc3c(c2)OCC3CC(=O)O)c1. The Kier molecular flexibility index (Phi) is 8.97. The molecule has 0 aliphatic carbocycles. The standard InChI is InChI=1S/C31H32Cl2O8/c1-16-28(17(2)30(33)31(29(16)32)41-14-22-10-24(34)25(35)15-39-22)19-5-3-4-18(8-19)12-38-21-6-7-23-20(9-27(36)37)13-40-26(23)11-21/h3-8,11,20,22,24-25,34-35H,9-10,12-15H2,1-2H3,(H,36,37)/t20?,22-,24-,25+/m0/s1. The average Bonchev–Trinajstić information content (AvgIpc) is 3.34. The molecule has 2 aliphatic heterocycles. The lowest BCUT2D eigenvalue weighted by Crippen LogP contribution is -2.43. The second kappa shape index (κ2) is 12.5. The van der Waals surface area contributed by atoms with Crippen molar-refractivity contribution < 1.29 is 39.1 Å². The average molecular weight is 603 g/mol. The van der Waals surface area contributed by atoms with E-state index in [1.165, 1.54) is 0 Å². The zero-order chi connectivity index (χ0) is 29.3. The van der Waals surface area contributed by atoms with E-state index in [1.807, 2.05) is 50.2 Å². The molecule has 3 N–H and O–H groups in total. The van der Waals surface area contributed by atoms with Gasteiger partial charge in [0.15, 0.2) is 5.75 Å². The quantitative estimate of drug-likeness (QED) is 0.286. The fraction of sp³-hybridized carbons (Fsp3) is 0.387. The van der Waals surface area contributed by atoms with Crippen LogP contribution in [0.4, 0.5) is 0 Å². The van der Waals surface area contributed by atoms with Gasteiger partial charge in [0, 0.05) is 24.0 Å².